The molecule has 0 atom stereocenters. The Labute approximate surface area is 783 Å². The highest BCUT2D eigenvalue weighted by Gasteiger charge is 2.22. The van der Waals surface area contributed by atoms with Crippen LogP contribution < -0.4 is 0 Å². The predicted molar refractivity (Wildman–Crippen MR) is 541 cm³/mol. The normalized spacial score (nSPS) is 11.6. The van der Waals surface area contributed by atoms with Crippen molar-refractivity contribution in [3.63, 3.8) is 0 Å². The summed E-state index contributed by atoms with van der Waals surface area (Å²) in [6, 6.07) is 0. The summed E-state index contributed by atoms with van der Waals surface area (Å²) in [5.74, 6) is -1.73. The monoisotopic (exact) mass is 1780 g/mol. The number of carbonyl (C=O) groups excluding carboxylic acids is 6. The van der Waals surface area contributed by atoms with E-state index in [0.29, 0.717) is 38.5 Å². The van der Waals surface area contributed by atoms with Crippen molar-refractivity contribution >= 4 is 35.8 Å². The van der Waals surface area contributed by atoms with E-state index in [0.717, 1.165) is 135 Å². The summed E-state index contributed by atoms with van der Waals surface area (Å²) in [4.78, 5) is 76.1. The molecule has 0 bridgehead atoms. The number of esters is 6. The van der Waals surface area contributed by atoms with Gasteiger partial charge in [0.1, 0.15) is 26.4 Å². The van der Waals surface area contributed by atoms with Crippen molar-refractivity contribution in [2.75, 3.05) is 26.4 Å². The van der Waals surface area contributed by atoms with Gasteiger partial charge >= 0.3 is 35.8 Å². The highest BCUT2D eigenvalue weighted by atomic mass is 16.6. The number of carbonyl (C=O) groups is 6. The second-order valence-electron chi connectivity index (χ2n) is 38.1. The minimum Gasteiger partial charge on any atom is -0.462 e. The van der Waals surface area contributed by atoms with Gasteiger partial charge in [0.2, 0.25) is 0 Å². The fraction of sp³-hybridized carbons (Fsp3) is 0.895. The summed E-state index contributed by atoms with van der Waals surface area (Å²) in [5.41, 5.74) is 0. The predicted octanol–water partition coefficient (Wildman–Crippen LogP) is 36.9. The van der Waals surface area contributed by atoms with Gasteiger partial charge < -0.3 is 28.4 Å². The van der Waals surface area contributed by atoms with E-state index in [9.17, 15) is 28.8 Å². The van der Waals surface area contributed by atoms with Gasteiger partial charge in [0.25, 0.3) is 0 Å². The third kappa shape index (κ3) is 107. The molecule has 0 aromatic carbocycles. The van der Waals surface area contributed by atoms with Gasteiger partial charge in [-0.05, 0) is 116 Å². The van der Waals surface area contributed by atoms with E-state index < -0.39 is 12.2 Å². The van der Waals surface area contributed by atoms with Crippen LogP contribution in [0.2, 0.25) is 0 Å². The van der Waals surface area contributed by atoms with Crippen LogP contribution in [0, 0.1) is 0 Å². The van der Waals surface area contributed by atoms with Gasteiger partial charge in [-0.3, -0.25) is 28.8 Å². The van der Waals surface area contributed by atoms with Crippen LogP contribution in [0.25, 0.3) is 0 Å². The first-order chi connectivity index (χ1) is 62.1. The Balaban J connectivity index is 0. The van der Waals surface area contributed by atoms with Gasteiger partial charge in [0, 0.05) is 38.5 Å². The second-order valence-corrected chi connectivity index (χ2v) is 38.1. The lowest BCUT2D eigenvalue weighted by atomic mass is 10.0. The molecule has 126 heavy (non-hydrogen) atoms. The van der Waals surface area contributed by atoms with Crippen molar-refractivity contribution in [3.8, 4) is 0 Å². The van der Waals surface area contributed by atoms with Crippen LogP contribution >= 0.6 is 0 Å². The number of ether oxygens (including phenoxy) is 6. The van der Waals surface area contributed by atoms with Crippen LogP contribution in [0.15, 0.2) is 36.5 Å². The van der Waals surface area contributed by atoms with Crippen molar-refractivity contribution in [3.05, 3.63) is 36.5 Å². The minimum absolute atomic E-state index is 0.0611. The van der Waals surface area contributed by atoms with Gasteiger partial charge in [-0.1, -0.05) is 502 Å². The first-order valence-electron chi connectivity index (χ1n) is 56.0. The molecule has 12 heteroatoms. The molecule has 0 saturated carbocycles. The summed E-state index contributed by atoms with van der Waals surface area (Å²) < 4.78 is 33.7. The molecule has 742 valence electrons. The highest BCUT2D eigenvalue weighted by molar-refractivity contribution is 5.72. The molecule has 0 rings (SSSR count). The molecule has 12 nitrogen and oxygen atoms in total. The van der Waals surface area contributed by atoms with E-state index in [4.69, 9.17) is 28.4 Å². The molecule has 0 amide bonds. The Hall–Kier alpha value is -3.96. The molecule has 0 aromatic heterocycles. The molecule has 0 aliphatic heterocycles. The molecule has 0 radical (unpaired) electrons. The van der Waals surface area contributed by atoms with E-state index in [1.54, 1.807) is 0 Å². The van der Waals surface area contributed by atoms with Crippen molar-refractivity contribution in [2.24, 2.45) is 0 Å². The third-order valence-corrected chi connectivity index (χ3v) is 25.2. The molecule has 0 fully saturated rings. The Morgan fingerprint density at radius 1 is 0.151 bits per heavy atom. The summed E-state index contributed by atoms with van der Waals surface area (Å²) in [6.07, 6.45) is 119. The highest BCUT2D eigenvalue weighted by Crippen LogP contribution is 2.22. The summed E-state index contributed by atoms with van der Waals surface area (Å²) >= 11 is 0. The van der Waals surface area contributed by atoms with E-state index in [-0.39, 0.29) is 62.2 Å². The average molecular weight is 1780 g/mol. The molecule has 0 aliphatic rings. The zero-order valence-electron chi connectivity index (χ0n) is 85.0. The second kappa shape index (κ2) is 110. The molecule has 0 saturated heterocycles. The van der Waals surface area contributed by atoms with E-state index in [1.807, 2.05) is 0 Å². The van der Waals surface area contributed by atoms with Crippen LogP contribution in [0.5, 0.6) is 0 Å². The average Bonchev–Trinajstić information content (AvgIpc) is 0.945. The molecule has 0 unspecified atom stereocenters. The quantitative estimate of drug-likeness (QED) is 0.0246. The van der Waals surface area contributed by atoms with Crippen LogP contribution in [0.1, 0.15) is 619 Å². The van der Waals surface area contributed by atoms with Gasteiger partial charge in [-0.25, -0.2) is 0 Å². The molecule has 0 aromatic rings. The maximum atomic E-state index is 12.8. The maximum absolute atomic E-state index is 12.8. The summed E-state index contributed by atoms with van der Waals surface area (Å²) in [7, 11) is 0. The largest absolute Gasteiger partial charge is 0.462 e. The van der Waals surface area contributed by atoms with Gasteiger partial charge in [-0.2, -0.15) is 0 Å². The molecule has 0 aliphatic carbocycles. The number of hydrogen-bond acceptors (Lipinski definition) is 12. The Bertz CT molecular complexity index is 2210. The van der Waals surface area contributed by atoms with E-state index in [2.05, 4.69) is 78.0 Å². The zero-order chi connectivity index (χ0) is 91.6. The number of hydrogen-bond donors (Lipinski definition) is 0. The molecule has 0 spiro atoms. The maximum Gasteiger partial charge on any atom is 0.306 e. The zero-order valence-corrected chi connectivity index (χ0v) is 85.0. The Morgan fingerprint density at radius 2 is 0.262 bits per heavy atom. The lowest BCUT2D eigenvalue weighted by Crippen LogP contribution is -2.30. The van der Waals surface area contributed by atoms with E-state index >= 15 is 0 Å². The molecule has 0 heterocycles. The number of allylic oxidation sites excluding steroid dienone is 6. The number of unbranched alkanes of at least 4 members (excludes halogenated alkanes) is 75. The van der Waals surface area contributed by atoms with Crippen LogP contribution in [0.3, 0.4) is 0 Å². The lowest BCUT2D eigenvalue weighted by Gasteiger charge is -2.18. The van der Waals surface area contributed by atoms with Crippen LogP contribution in [-0.2, 0) is 57.2 Å². The molecular weight excluding hydrogens is 1560 g/mol. The fourth-order valence-electron chi connectivity index (χ4n) is 16.7. The number of rotatable bonds is 103. The first-order valence-corrected chi connectivity index (χ1v) is 56.0. The Morgan fingerprint density at radius 3 is 0.397 bits per heavy atom. The Kier molecular flexibility index (Phi) is 108. The SMILES string of the molecule is CCCCCCCC/C=C\CCCCCCCC(=O)OCC(COC(=O)CCCCCCC/C=C\CCCCCCCC)OC(=O)CCCCCCC/C=C\CCCCCCCC.CCCCCCCCCCCCCCCCCC(=O)OCC(COC(=O)CCCCCCCCCCCCCCCCC)OC(=O)CCCCCCCCCCCCCCCCC. The van der Waals surface area contributed by atoms with Crippen molar-refractivity contribution in [2.45, 2.75) is 632 Å². The lowest BCUT2D eigenvalue weighted by molar-refractivity contribution is -0.167. The minimum atomic E-state index is -0.781. The fourth-order valence-corrected chi connectivity index (χ4v) is 16.7. The third-order valence-electron chi connectivity index (χ3n) is 25.2. The van der Waals surface area contributed by atoms with Crippen LogP contribution in [0.4, 0.5) is 0 Å². The van der Waals surface area contributed by atoms with E-state index in [1.165, 1.54) is 405 Å². The van der Waals surface area contributed by atoms with Crippen LogP contribution in [-0.4, -0.2) is 74.5 Å². The van der Waals surface area contributed by atoms with Gasteiger partial charge in [0.15, 0.2) is 12.2 Å². The standard InChI is InChI=1S/C57H110O6.C57H104O6/c2*1-4-7-10-13-16-19-22-25-28-31-34-37-40-43-46-49-55(58)61-52-54(63-57(60)51-48-45-42-39-36-33-30-27-24-21-18-15-12-9-6-3)53-62-56(59)50-47-44-41-38-35-32-29-26-23-20-17-14-11-8-5-2/h54H,4-53H2,1-3H3;25-30,54H,4-24,31-53H2,1-3H3/b;28-25-,29-26-,30-27-. The van der Waals surface area contributed by atoms with Gasteiger partial charge in [-0.15, -0.1) is 0 Å². The first kappa shape index (κ1) is 124. The van der Waals surface area contributed by atoms with Gasteiger partial charge in [0.05, 0.1) is 0 Å². The van der Waals surface area contributed by atoms with Crippen molar-refractivity contribution in [1.29, 1.82) is 0 Å². The van der Waals surface area contributed by atoms with Crippen molar-refractivity contribution < 1.29 is 57.2 Å². The van der Waals surface area contributed by atoms with Crippen molar-refractivity contribution in [1.82, 2.24) is 0 Å². The summed E-state index contributed by atoms with van der Waals surface area (Å²) in [5, 5.41) is 0. The molecular formula is C114H214O12. The summed E-state index contributed by atoms with van der Waals surface area (Å²) in [6.45, 7) is 13.3. The molecule has 0 N–H and O–H groups in total. The topological polar surface area (TPSA) is 158 Å². The smallest absolute Gasteiger partial charge is 0.306 e.